The monoisotopic (exact) mass is 481 g/mol. The third-order valence-electron chi connectivity index (χ3n) is 6.11. The molecule has 0 saturated carbocycles. The van der Waals surface area contributed by atoms with Crippen molar-refractivity contribution in [1.82, 2.24) is 14.5 Å². The molecule has 35 heavy (non-hydrogen) atoms. The minimum absolute atomic E-state index is 0.0676. The van der Waals surface area contributed by atoms with Gasteiger partial charge in [0.15, 0.2) is 0 Å². The second-order valence-corrected chi connectivity index (χ2v) is 10.3. The second kappa shape index (κ2) is 14.1. The highest BCUT2D eigenvalue weighted by molar-refractivity contribution is 5.77. The number of methoxy groups -OCH3 is 1. The van der Waals surface area contributed by atoms with Crippen LogP contribution >= 0.6 is 0 Å². The van der Waals surface area contributed by atoms with E-state index in [9.17, 15) is 0 Å². The molecule has 0 radical (unpaired) electrons. The normalized spacial score (nSPS) is 14.1. The summed E-state index contributed by atoms with van der Waals surface area (Å²) in [7, 11) is 1.73. The van der Waals surface area contributed by atoms with Gasteiger partial charge in [-0.1, -0.05) is 26.8 Å². The van der Waals surface area contributed by atoms with Gasteiger partial charge >= 0.3 is 0 Å². The second-order valence-electron chi connectivity index (χ2n) is 10.3. The smallest absolute Gasteiger partial charge is 0.115 e. The van der Waals surface area contributed by atoms with Crippen molar-refractivity contribution in [3.05, 3.63) is 59.2 Å². The Morgan fingerprint density at radius 1 is 1.09 bits per heavy atom. The molecule has 1 aromatic carbocycles. The van der Waals surface area contributed by atoms with Crippen LogP contribution in [0.25, 0.3) is 11.0 Å². The summed E-state index contributed by atoms with van der Waals surface area (Å²) in [5.41, 5.74) is 6.19. The van der Waals surface area contributed by atoms with Gasteiger partial charge in [-0.3, -0.25) is 4.98 Å². The summed E-state index contributed by atoms with van der Waals surface area (Å²) in [5.74, 6) is 1.91. The van der Waals surface area contributed by atoms with E-state index >= 15 is 0 Å². The number of carbonyl (C=O) groups is 1. The van der Waals surface area contributed by atoms with E-state index < -0.39 is 0 Å². The number of rotatable bonds is 6. The van der Waals surface area contributed by atoms with Gasteiger partial charge in [0, 0.05) is 50.8 Å². The van der Waals surface area contributed by atoms with Crippen molar-refractivity contribution >= 4 is 17.8 Å². The molecule has 1 aliphatic rings. The van der Waals surface area contributed by atoms with Gasteiger partial charge in [-0.2, -0.15) is 0 Å². The van der Waals surface area contributed by atoms with E-state index in [-0.39, 0.29) is 5.41 Å². The Kier molecular flexibility index (Phi) is 11.5. The van der Waals surface area contributed by atoms with Gasteiger partial charge in [-0.25, -0.2) is 4.98 Å². The summed E-state index contributed by atoms with van der Waals surface area (Å²) in [5, 5.41) is 0. The minimum Gasteiger partial charge on any atom is -0.385 e. The molecule has 0 N–H and O–H groups in total. The molecule has 3 aromatic rings. The Hall–Kier alpha value is -2.57. The molecule has 0 spiro atoms. The van der Waals surface area contributed by atoms with Gasteiger partial charge in [0.25, 0.3) is 0 Å². The molecule has 1 aliphatic heterocycles. The summed E-state index contributed by atoms with van der Waals surface area (Å²) in [4.78, 5) is 17.2. The van der Waals surface area contributed by atoms with Gasteiger partial charge in [0.1, 0.15) is 12.6 Å². The molecule has 4 rings (SSSR count). The molecule has 0 amide bonds. The topological polar surface area (TPSA) is 66.2 Å². The Balaban J connectivity index is 0.000000263. The van der Waals surface area contributed by atoms with Crippen molar-refractivity contribution in [3.8, 4) is 0 Å². The number of pyridine rings is 1. The fraction of sp³-hybridized carbons (Fsp3) is 0.552. The van der Waals surface area contributed by atoms with E-state index in [1.165, 1.54) is 22.5 Å². The first-order chi connectivity index (χ1) is 16.8. The Labute approximate surface area is 211 Å². The van der Waals surface area contributed by atoms with Crippen LogP contribution in [0, 0.1) is 19.8 Å². The van der Waals surface area contributed by atoms with E-state index in [4.69, 9.17) is 19.3 Å². The number of aromatic nitrogens is 3. The average Bonchev–Trinajstić information content (AvgIpc) is 3.19. The maximum Gasteiger partial charge on any atom is 0.115 e. The fourth-order valence-corrected chi connectivity index (χ4v) is 4.32. The number of hydrogen-bond acceptors (Lipinski definition) is 5. The summed E-state index contributed by atoms with van der Waals surface area (Å²) in [6, 6.07) is 10.8. The van der Waals surface area contributed by atoms with Gasteiger partial charge in [-0.05, 0) is 80.8 Å². The van der Waals surface area contributed by atoms with Crippen molar-refractivity contribution in [3.63, 3.8) is 0 Å². The van der Waals surface area contributed by atoms with Crippen LogP contribution in [0.1, 0.15) is 62.7 Å². The zero-order valence-electron chi connectivity index (χ0n) is 22.5. The standard InChI is InChI=1S/C18H26N2O.C10H15NO.CH2O/c1-13-5-6-16-15(11-13)19-17(18(2,3)4)20(16)12-14-7-9-21-10-8-14;1-9-5-6-11-10(8-9)4-3-7-12-2;1-2/h5-6,11,14H,7-10,12H2,1-4H3;5-6,8H,3-4,7H2,1-2H3;1H2. The molecule has 2 aromatic heterocycles. The maximum absolute atomic E-state index is 8.00. The van der Waals surface area contributed by atoms with Crippen molar-refractivity contribution in [1.29, 1.82) is 0 Å². The third kappa shape index (κ3) is 8.86. The predicted molar refractivity (Wildman–Crippen MR) is 143 cm³/mol. The van der Waals surface area contributed by atoms with Crippen LogP contribution in [-0.4, -0.2) is 48.3 Å². The van der Waals surface area contributed by atoms with Crippen LogP contribution in [-0.2, 0) is 32.6 Å². The van der Waals surface area contributed by atoms with E-state index in [1.807, 2.05) is 19.1 Å². The highest BCUT2D eigenvalue weighted by atomic mass is 16.5. The van der Waals surface area contributed by atoms with Crippen LogP contribution in [0.15, 0.2) is 36.5 Å². The van der Waals surface area contributed by atoms with Crippen LogP contribution in [0.3, 0.4) is 0 Å². The van der Waals surface area contributed by atoms with Crippen molar-refractivity contribution in [2.75, 3.05) is 26.9 Å². The molecule has 1 fully saturated rings. The molecule has 6 nitrogen and oxygen atoms in total. The van der Waals surface area contributed by atoms with E-state index in [0.717, 1.165) is 63.3 Å². The van der Waals surface area contributed by atoms with E-state index in [2.05, 4.69) is 68.4 Å². The number of nitrogens with zero attached hydrogens (tertiary/aromatic N) is 3. The third-order valence-corrected chi connectivity index (χ3v) is 6.11. The van der Waals surface area contributed by atoms with E-state index in [1.54, 1.807) is 7.11 Å². The molecular weight excluding hydrogens is 438 g/mol. The molecule has 0 bridgehead atoms. The summed E-state index contributed by atoms with van der Waals surface area (Å²) in [6.45, 7) is 16.7. The van der Waals surface area contributed by atoms with Crippen molar-refractivity contribution in [2.45, 2.75) is 72.3 Å². The number of hydrogen-bond donors (Lipinski definition) is 0. The number of carbonyl (C=O) groups excluding carboxylic acids is 1. The van der Waals surface area contributed by atoms with Crippen LogP contribution < -0.4 is 0 Å². The average molecular weight is 482 g/mol. The largest absolute Gasteiger partial charge is 0.385 e. The van der Waals surface area contributed by atoms with Gasteiger partial charge in [-0.15, -0.1) is 0 Å². The van der Waals surface area contributed by atoms with Gasteiger partial charge < -0.3 is 18.8 Å². The molecule has 1 saturated heterocycles. The molecular formula is C29H43N3O3. The van der Waals surface area contributed by atoms with Crippen LogP contribution in [0.4, 0.5) is 0 Å². The summed E-state index contributed by atoms with van der Waals surface area (Å²) in [6.07, 6.45) is 6.24. The maximum atomic E-state index is 8.00. The quantitative estimate of drug-likeness (QED) is 0.413. The van der Waals surface area contributed by atoms with Crippen molar-refractivity contribution in [2.24, 2.45) is 5.92 Å². The number of benzene rings is 1. The predicted octanol–water partition coefficient (Wildman–Crippen LogP) is 5.85. The molecule has 192 valence electrons. The lowest BCUT2D eigenvalue weighted by atomic mass is 9.94. The zero-order chi connectivity index (χ0) is 25.8. The first-order valence-electron chi connectivity index (χ1n) is 12.5. The zero-order valence-corrected chi connectivity index (χ0v) is 22.5. The fourth-order valence-electron chi connectivity index (χ4n) is 4.32. The molecule has 3 heterocycles. The molecule has 0 aliphatic carbocycles. The Bertz CT molecular complexity index is 1030. The summed E-state index contributed by atoms with van der Waals surface area (Å²) >= 11 is 0. The van der Waals surface area contributed by atoms with Crippen LogP contribution in [0.5, 0.6) is 0 Å². The van der Waals surface area contributed by atoms with Gasteiger partial charge in [0.05, 0.1) is 11.0 Å². The first-order valence-corrected chi connectivity index (χ1v) is 12.5. The molecule has 6 heteroatoms. The van der Waals surface area contributed by atoms with Crippen LogP contribution in [0.2, 0.25) is 0 Å². The molecule has 0 unspecified atom stereocenters. The van der Waals surface area contributed by atoms with Gasteiger partial charge in [0.2, 0.25) is 0 Å². The number of imidazole rings is 1. The Morgan fingerprint density at radius 3 is 2.40 bits per heavy atom. The lowest BCUT2D eigenvalue weighted by Gasteiger charge is -2.26. The lowest BCUT2D eigenvalue weighted by Crippen LogP contribution is -2.25. The lowest BCUT2D eigenvalue weighted by molar-refractivity contribution is -0.0980. The SMILES string of the molecule is C=O.COCCCc1cc(C)ccn1.Cc1ccc2c(c1)nc(C(C)(C)C)n2CC1CCOCC1. The highest BCUT2D eigenvalue weighted by Gasteiger charge is 2.25. The highest BCUT2D eigenvalue weighted by Crippen LogP contribution is 2.29. The number of aryl methyl sites for hydroxylation is 3. The Morgan fingerprint density at radius 2 is 1.77 bits per heavy atom. The minimum atomic E-state index is 0.0676. The summed E-state index contributed by atoms with van der Waals surface area (Å²) < 4.78 is 12.9. The number of fused-ring (bicyclic) bond motifs is 1. The first kappa shape index (κ1) is 28.7. The van der Waals surface area contributed by atoms with E-state index in [0.29, 0.717) is 5.92 Å². The van der Waals surface area contributed by atoms with Crippen molar-refractivity contribution < 1.29 is 14.3 Å². The molecule has 0 atom stereocenters. The number of ether oxygens (including phenoxy) is 2.